The van der Waals surface area contributed by atoms with Crippen LogP contribution in [0.3, 0.4) is 0 Å². The molecule has 3 aromatic rings. The fourth-order valence-corrected chi connectivity index (χ4v) is 4.37. The second-order valence-corrected chi connectivity index (χ2v) is 8.16. The van der Waals surface area contributed by atoms with Crippen molar-refractivity contribution in [3.8, 4) is 11.3 Å². The number of ether oxygens (including phenoxy) is 2. The van der Waals surface area contributed by atoms with E-state index < -0.39 is 5.97 Å². The van der Waals surface area contributed by atoms with Crippen molar-refractivity contribution in [2.45, 2.75) is 24.9 Å². The SMILES string of the molecule is COC(=O)CCCN1C(=S)N[C@H](c2ccccn2)[C@@H]1c1ccc(-c2cccc(C(=O)OC)c2)o1. The molecule has 0 saturated carbocycles. The highest BCUT2D eigenvalue weighted by molar-refractivity contribution is 7.80. The molecule has 3 heterocycles. The molecule has 1 N–H and O–H groups in total. The Hall–Kier alpha value is -3.72. The maximum atomic E-state index is 11.9. The average Bonchev–Trinajstić information content (AvgIpc) is 3.49. The molecular weight excluding hydrogens is 454 g/mol. The molecule has 9 heteroatoms. The van der Waals surface area contributed by atoms with Crippen LogP contribution in [0.25, 0.3) is 11.3 Å². The van der Waals surface area contributed by atoms with Gasteiger partial charge in [0.1, 0.15) is 17.6 Å². The largest absolute Gasteiger partial charge is 0.469 e. The summed E-state index contributed by atoms with van der Waals surface area (Å²) in [5.74, 6) is 0.639. The number of carbonyl (C=O) groups excluding carboxylic acids is 2. The van der Waals surface area contributed by atoms with E-state index in [-0.39, 0.29) is 18.1 Å². The van der Waals surface area contributed by atoms with Crippen LogP contribution in [0.5, 0.6) is 0 Å². The molecule has 0 bridgehead atoms. The second-order valence-electron chi connectivity index (χ2n) is 7.77. The minimum absolute atomic E-state index is 0.229. The van der Waals surface area contributed by atoms with Gasteiger partial charge in [-0.3, -0.25) is 9.78 Å². The Bertz CT molecular complexity index is 1180. The molecular formula is C25H25N3O5S. The number of furan rings is 1. The van der Waals surface area contributed by atoms with Crippen molar-refractivity contribution in [3.05, 3.63) is 77.8 Å². The monoisotopic (exact) mass is 479 g/mol. The zero-order valence-electron chi connectivity index (χ0n) is 18.9. The number of pyridine rings is 1. The normalized spacial score (nSPS) is 17.4. The molecule has 34 heavy (non-hydrogen) atoms. The summed E-state index contributed by atoms with van der Waals surface area (Å²) in [6.45, 7) is 0.544. The first-order chi connectivity index (χ1) is 16.5. The molecule has 1 saturated heterocycles. The van der Waals surface area contributed by atoms with Gasteiger partial charge in [-0.25, -0.2) is 4.79 Å². The first-order valence-electron chi connectivity index (χ1n) is 10.8. The third kappa shape index (κ3) is 4.94. The Morgan fingerprint density at radius 3 is 2.71 bits per heavy atom. The molecule has 1 fully saturated rings. The fraction of sp³-hybridized carbons (Fsp3) is 0.280. The Morgan fingerprint density at radius 1 is 1.12 bits per heavy atom. The van der Waals surface area contributed by atoms with Gasteiger partial charge < -0.3 is 24.1 Å². The first kappa shape index (κ1) is 23.4. The van der Waals surface area contributed by atoms with Crippen LogP contribution in [0.2, 0.25) is 0 Å². The molecule has 8 nitrogen and oxygen atoms in total. The summed E-state index contributed by atoms with van der Waals surface area (Å²) in [5.41, 5.74) is 2.03. The van der Waals surface area contributed by atoms with E-state index in [0.717, 1.165) is 11.3 Å². The van der Waals surface area contributed by atoms with Crippen molar-refractivity contribution < 1.29 is 23.5 Å². The summed E-state index contributed by atoms with van der Waals surface area (Å²) in [5, 5.41) is 3.93. The van der Waals surface area contributed by atoms with Crippen molar-refractivity contribution in [1.82, 2.24) is 15.2 Å². The standard InChI is InChI=1S/C25H25N3O5S/c1-31-21(29)10-6-14-28-23(22(27-25(28)34)18-9-3-4-13-26-18)20-12-11-19(33-20)16-7-5-8-17(15-16)24(30)32-2/h3-5,7-9,11-13,15,22-23H,6,10,14H2,1-2H3,(H,27,34)/t22-,23+/m1/s1. The van der Waals surface area contributed by atoms with E-state index in [4.69, 9.17) is 26.1 Å². The Morgan fingerprint density at radius 2 is 1.97 bits per heavy atom. The molecule has 0 radical (unpaired) electrons. The number of thiocarbonyl (C=S) groups is 1. The molecule has 1 aliphatic heterocycles. The van der Waals surface area contributed by atoms with Gasteiger partial charge in [0.05, 0.1) is 31.5 Å². The van der Waals surface area contributed by atoms with Crippen LogP contribution in [0, 0.1) is 0 Å². The molecule has 1 aliphatic rings. The maximum Gasteiger partial charge on any atom is 0.337 e. The summed E-state index contributed by atoms with van der Waals surface area (Å²) in [4.78, 5) is 30.1. The van der Waals surface area contributed by atoms with E-state index >= 15 is 0 Å². The van der Waals surface area contributed by atoms with Crippen molar-refractivity contribution in [1.29, 1.82) is 0 Å². The number of nitrogens with one attached hydrogen (secondary N) is 1. The molecule has 4 rings (SSSR count). The van der Waals surface area contributed by atoms with Gasteiger partial charge >= 0.3 is 11.9 Å². The summed E-state index contributed by atoms with van der Waals surface area (Å²) in [6.07, 6.45) is 2.61. The van der Waals surface area contributed by atoms with Gasteiger partial charge in [-0.1, -0.05) is 18.2 Å². The summed E-state index contributed by atoms with van der Waals surface area (Å²) < 4.78 is 15.9. The van der Waals surface area contributed by atoms with Crippen LogP contribution >= 0.6 is 12.2 Å². The molecule has 2 atom stereocenters. The minimum Gasteiger partial charge on any atom is -0.469 e. The van der Waals surface area contributed by atoms with Crippen LogP contribution in [0.15, 0.2) is 65.2 Å². The van der Waals surface area contributed by atoms with Crippen LogP contribution < -0.4 is 5.32 Å². The zero-order chi connectivity index (χ0) is 24.1. The molecule has 2 aromatic heterocycles. The number of hydrogen-bond acceptors (Lipinski definition) is 7. The predicted octanol–water partition coefficient (Wildman–Crippen LogP) is 4.05. The lowest BCUT2D eigenvalue weighted by Crippen LogP contribution is -2.30. The van der Waals surface area contributed by atoms with E-state index in [1.165, 1.54) is 14.2 Å². The van der Waals surface area contributed by atoms with E-state index in [0.29, 0.717) is 41.6 Å². The third-order valence-electron chi connectivity index (χ3n) is 5.69. The number of rotatable bonds is 8. The lowest BCUT2D eigenvalue weighted by atomic mass is 10.0. The van der Waals surface area contributed by atoms with Crippen molar-refractivity contribution >= 4 is 29.3 Å². The molecule has 176 valence electrons. The second kappa shape index (κ2) is 10.5. The molecule has 0 spiro atoms. The smallest absolute Gasteiger partial charge is 0.337 e. The highest BCUT2D eigenvalue weighted by Crippen LogP contribution is 2.40. The molecule has 0 amide bonds. The minimum atomic E-state index is -0.411. The van der Waals surface area contributed by atoms with E-state index in [1.54, 1.807) is 24.4 Å². The first-order valence-corrected chi connectivity index (χ1v) is 11.3. The molecule has 0 aliphatic carbocycles. The summed E-state index contributed by atoms with van der Waals surface area (Å²) in [6, 6.07) is 16.1. The van der Waals surface area contributed by atoms with Crippen molar-refractivity contribution in [2.75, 3.05) is 20.8 Å². The van der Waals surface area contributed by atoms with Crippen molar-refractivity contribution in [2.24, 2.45) is 0 Å². The number of benzene rings is 1. The number of nitrogens with zero attached hydrogens (tertiary/aromatic N) is 2. The van der Waals surface area contributed by atoms with Gasteiger partial charge in [0.15, 0.2) is 5.11 Å². The van der Waals surface area contributed by atoms with Gasteiger partial charge in [0, 0.05) is 24.7 Å². The predicted molar refractivity (Wildman–Crippen MR) is 129 cm³/mol. The summed E-state index contributed by atoms with van der Waals surface area (Å²) in [7, 11) is 2.73. The zero-order valence-corrected chi connectivity index (χ0v) is 19.7. The van der Waals surface area contributed by atoms with Gasteiger partial charge in [-0.05, 0) is 55.0 Å². The van der Waals surface area contributed by atoms with Crippen LogP contribution in [0.4, 0.5) is 0 Å². The van der Waals surface area contributed by atoms with Gasteiger partial charge in [0.2, 0.25) is 0 Å². The lowest BCUT2D eigenvalue weighted by Gasteiger charge is -2.25. The van der Waals surface area contributed by atoms with Crippen molar-refractivity contribution in [3.63, 3.8) is 0 Å². The average molecular weight is 480 g/mol. The lowest BCUT2D eigenvalue weighted by molar-refractivity contribution is -0.140. The Kier molecular flexibility index (Phi) is 7.22. The molecule has 0 unspecified atom stereocenters. The number of aromatic nitrogens is 1. The fourth-order valence-electron chi connectivity index (χ4n) is 4.04. The topological polar surface area (TPSA) is 93.9 Å². The highest BCUT2D eigenvalue weighted by atomic mass is 32.1. The van der Waals surface area contributed by atoms with Gasteiger partial charge in [-0.15, -0.1) is 0 Å². The van der Waals surface area contributed by atoms with Gasteiger partial charge in [0.25, 0.3) is 0 Å². The number of esters is 2. The van der Waals surface area contributed by atoms with E-state index in [2.05, 4.69) is 10.3 Å². The maximum absolute atomic E-state index is 11.9. The molecule has 1 aromatic carbocycles. The van der Waals surface area contributed by atoms with Crippen LogP contribution in [-0.2, 0) is 14.3 Å². The summed E-state index contributed by atoms with van der Waals surface area (Å²) >= 11 is 5.64. The Balaban J connectivity index is 1.65. The van der Waals surface area contributed by atoms with E-state index in [1.807, 2.05) is 41.3 Å². The number of hydrogen-bond donors (Lipinski definition) is 1. The third-order valence-corrected chi connectivity index (χ3v) is 6.04. The number of methoxy groups -OCH3 is 2. The number of carbonyl (C=O) groups is 2. The van der Waals surface area contributed by atoms with Crippen LogP contribution in [-0.4, -0.2) is 47.7 Å². The van der Waals surface area contributed by atoms with E-state index in [9.17, 15) is 9.59 Å². The van der Waals surface area contributed by atoms with Crippen LogP contribution in [0.1, 0.15) is 46.7 Å². The van der Waals surface area contributed by atoms with Gasteiger partial charge in [-0.2, -0.15) is 0 Å². The quantitative estimate of drug-likeness (QED) is 0.379. The highest BCUT2D eigenvalue weighted by Gasteiger charge is 2.41. The Labute approximate surface area is 202 Å².